The van der Waals surface area contributed by atoms with Gasteiger partial charge in [0.1, 0.15) is 22.3 Å². The molecule has 3 aliphatic rings. The summed E-state index contributed by atoms with van der Waals surface area (Å²) in [5, 5.41) is 11.6. The van der Waals surface area contributed by atoms with Crippen LogP contribution in [0, 0.1) is 6.92 Å². The average Bonchev–Trinajstić information content (AvgIpc) is 3.46. The van der Waals surface area contributed by atoms with Gasteiger partial charge in [-0.3, -0.25) is 14.4 Å². The number of rotatable bonds is 3. The fourth-order valence-corrected chi connectivity index (χ4v) is 8.43. The van der Waals surface area contributed by atoms with Gasteiger partial charge < -0.3 is 16.0 Å². The van der Waals surface area contributed by atoms with Gasteiger partial charge in [0, 0.05) is 27.0 Å². The minimum Gasteiger partial charge on any atom is -0.309 e. The van der Waals surface area contributed by atoms with E-state index >= 15 is 0 Å². The van der Waals surface area contributed by atoms with E-state index in [2.05, 4.69) is 25.9 Å². The van der Waals surface area contributed by atoms with Crippen LogP contribution in [0.5, 0.6) is 0 Å². The van der Waals surface area contributed by atoms with Gasteiger partial charge in [0.15, 0.2) is 5.78 Å². The number of ketones is 1. The minimum atomic E-state index is -0.381. The lowest BCUT2D eigenvalue weighted by atomic mass is 10.0. The van der Waals surface area contributed by atoms with Crippen molar-refractivity contribution in [2.75, 3.05) is 17.7 Å². The topological polar surface area (TPSA) is 126 Å². The number of anilines is 2. The number of Topliss-reactive ketones (excluding diaryl/α,β-unsaturated/α-hetero) is 1. The fraction of sp³-hybridized carbons (Fsp3) is 0.500. The third-order valence-corrected chi connectivity index (χ3v) is 10.6. The van der Waals surface area contributed by atoms with Crippen molar-refractivity contribution in [2.24, 2.45) is 0 Å². The maximum atomic E-state index is 13.2. The summed E-state index contributed by atoms with van der Waals surface area (Å²) in [6.07, 6.45) is 4.87. The second-order valence-corrected chi connectivity index (χ2v) is 13.0. The van der Waals surface area contributed by atoms with E-state index in [9.17, 15) is 14.4 Å². The van der Waals surface area contributed by atoms with Crippen molar-refractivity contribution in [1.29, 1.82) is 0 Å². The molecule has 3 atom stereocenters. The zero-order valence-corrected chi connectivity index (χ0v) is 22.4. The number of fused-ring (bicyclic) bond motifs is 3. The number of carbonyl (C=O) groups excluding carboxylic acids is 3. The minimum absolute atomic E-state index is 0.0449. The van der Waals surface area contributed by atoms with Gasteiger partial charge in [0.05, 0.1) is 22.0 Å². The molecule has 3 aromatic rings. The number of nitrogens with zero attached hydrogens (tertiary/aromatic N) is 3. The van der Waals surface area contributed by atoms with E-state index in [4.69, 9.17) is 4.98 Å². The summed E-state index contributed by atoms with van der Waals surface area (Å²) in [7, 11) is 1.78. The zero-order chi connectivity index (χ0) is 25.0. The van der Waals surface area contributed by atoms with Crippen LogP contribution in [0.25, 0.3) is 0 Å². The van der Waals surface area contributed by atoms with Crippen molar-refractivity contribution in [1.82, 2.24) is 20.3 Å². The third-order valence-electron chi connectivity index (χ3n) is 7.08. The first-order chi connectivity index (χ1) is 17.4. The highest BCUT2D eigenvalue weighted by Crippen LogP contribution is 2.41. The Balaban J connectivity index is 1.18. The number of aryl methyl sites for hydroxylation is 4. The Hall–Kier alpha value is -2.54. The van der Waals surface area contributed by atoms with Crippen LogP contribution in [0.1, 0.15) is 77.7 Å². The molecular formula is C24H26N6O3S3. The number of likely N-dealkylation sites (N-methyl/N-ethyl adjacent to an activating group) is 1. The summed E-state index contributed by atoms with van der Waals surface area (Å²) >= 11 is 4.73. The number of aromatic nitrogens is 3. The number of carbonyl (C=O) groups is 3. The number of thiazole rings is 3. The van der Waals surface area contributed by atoms with Crippen molar-refractivity contribution < 1.29 is 14.4 Å². The van der Waals surface area contributed by atoms with E-state index in [-0.39, 0.29) is 35.5 Å². The second-order valence-electron chi connectivity index (χ2n) is 9.47. The van der Waals surface area contributed by atoms with Crippen LogP contribution in [0.15, 0.2) is 0 Å². The molecule has 36 heavy (non-hydrogen) atoms. The van der Waals surface area contributed by atoms with Gasteiger partial charge in [-0.2, -0.15) is 0 Å². The lowest BCUT2D eigenvalue weighted by Gasteiger charge is -2.12. The van der Waals surface area contributed by atoms with Crippen LogP contribution < -0.4 is 16.0 Å². The monoisotopic (exact) mass is 542 g/mol. The van der Waals surface area contributed by atoms with Gasteiger partial charge in [-0.15, -0.1) is 34.0 Å². The zero-order valence-electron chi connectivity index (χ0n) is 20.0. The molecule has 1 aliphatic carbocycles. The Labute approximate surface area is 220 Å². The molecule has 6 rings (SSSR count). The Morgan fingerprint density at radius 1 is 0.806 bits per heavy atom. The summed E-state index contributed by atoms with van der Waals surface area (Å²) < 4.78 is 0. The molecule has 0 radical (unpaired) electrons. The lowest BCUT2D eigenvalue weighted by Crippen LogP contribution is -2.37. The number of nitrogens with one attached hydrogen (secondary N) is 3. The molecule has 0 bridgehead atoms. The van der Waals surface area contributed by atoms with E-state index in [1.807, 2.05) is 6.92 Å². The highest BCUT2D eigenvalue weighted by Gasteiger charge is 2.34. The Morgan fingerprint density at radius 3 is 2.25 bits per heavy atom. The number of hydrogen-bond acceptors (Lipinski definition) is 10. The molecule has 9 nitrogen and oxygen atoms in total. The van der Waals surface area contributed by atoms with E-state index in [0.29, 0.717) is 43.0 Å². The molecule has 0 spiro atoms. The van der Waals surface area contributed by atoms with Gasteiger partial charge in [0.2, 0.25) is 11.8 Å². The lowest BCUT2D eigenvalue weighted by molar-refractivity contribution is -0.118. The van der Waals surface area contributed by atoms with E-state index in [1.165, 1.54) is 11.3 Å². The first kappa shape index (κ1) is 23.8. The summed E-state index contributed by atoms with van der Waals surface area (Å²) in [5.41, 5.74) is 0.633. The van der Waals surface area contributed by atoms with Gasteiger partial charge in [-0.05, 0) is 52.5 Å². The summed E-state index contributed by atoms with van der Waals surface area (Å²) in [5.74, 6) is 0.746. The molecule has 188 valence electrons. The predicted octanol–water partition coefficient (Wildman–Crippen LogP) is 3.81. The quantitative estimate of drug-likeness (QED) is 0.430. The standard InChI is InChI=1S/C24H26N6O3S3/c1-10-26-18-14(31)9-11(3-6-15(18)34-10)23-29-19-16(35-23)7-4-12(21(32)27-19)24-30-20-17(36-24)8-5-13(25-2)22(33)28-20/h11-13,25H,3-9H2,1-2H3,(H,27,32)(H,28,33). The van der Waals surface area contributed by atoms with Gasteiger partial charge in [-0.25, -0.2) is 15.0 Å². The van der Waals surface area contributed by atoms with Crippen LogP contribution in [-0.4, -0.2) is 45.6 Å². The summed E-state index contributed by atoms with van der Waals surface area (Å²) in [4.78, 5) is 55.5. The average molecular weight is 543 g/mol. The normalized spacial score (nSPS) is 24.1. The summed E-state index contributed by atoms with van der Waals surface area (Å²) in [6, 6.07) is -0.233. The molecule has 0 aromatic carbocycles. The van der Waals surface area contributed by atoms with Crippen molar-refractivity contribution in [3.63, 3.8) is 0 Å². The van der Waals surface area contributed by atoms with Crippen LogP contribution >= 0.6 is 34.0 Å². The molecular weight excluding hydrogens is 517 g/mol. The highest BCUT2D eigenvalue weighted by molar-refractivity contribution is 7.13. The van der Waals surface area contributed by atoms with Gasteiger partial charge >= 0.3 is 0 Å². The number of amides is 2. The van der Waals surface area contributed by atoms with Crippen LogP contribution in [-0.2, 0) is 28.9 Å². The third kappa shape index (κ3) is 4.29. The molecule has 0 fully saturated rings. The van der Waals surface area contributed by atoms with Crippen LogP contribution in [0.2, 0.25) is 0 Å². The maximum Gasteiger partial charge on any atom is 0.242 e. The highest BCUT2D eigenvalue weighted by atomic mass is 32.1. The maximum absolute atomic E-state index is 13.2. The smallest absolute Gasteiger partial charge is 0.242 e. The molecule has 3 aromatic heterocycles. The molecule has 12 heteroatoms. The SMILES string of the molecule is CNC1CCc2sc(C3CCc4sc(C5CCc6sc(C)nc6C(=O)C5)nc4NC3=O)nc2NC1=O. The molecule has 2 amide bonds. The predicted molar refractivity (Wildman–Crippen MR) is 141 cm³/mol. The van der Waals surface area contributed by atoms with E-state index in [1.54, 1.807) is 29.7 Å². The van der Waals surface area contributed by atoms with Crippen molar-refractivity contribution in [3.05, 3.63) is 35.3 Å². The second kappa shape index (κ2) is 9.40. The molecule has 0 saturated heterocycles. The van der Waals surface area contributed by atoms with Gasteiger partial charge in [0.25, 0.3) is 0 Å². The van der Waals surface area contributed by atoms with Crippen LogP contribution in [0.3, 0.4) is 0 Å². The first-order valence-corrected chi connectivity index (χ1v) is 14.6. The molecule has 2 aliphatic heterocycles. The molecule has 5 heterocycles. The first-order valence-electron chi connectivity index (χ1n) is 12.2. The number of hydrogen-bond donors (Lipinski definition) is 3. The summed E-state index contributed by atoms with van der Waals surface area (Å²) in [6.45, 7) is 1.94. The Kier molecular flexibility index (Phi) is 6.22. The van der Waals surface area contributed by atoms with Crippen molar-refractivity contribution in [2.45, 2.75) is 69.7 Å². The van der Waals surface area contributed by atoms with Crippen molar-refractivity contribution >= 4 is 63.2 Å². The van der Waals surface area contributed by atoms with E-state index in [0.717, 1.165) is 48.9 Å². The van der Waals surface area contributed by atoms with E-state index < -0.39 is 0 Å². The molecule has 0 saturated carbocycles. The van der Waals surface area contributed by atoms with Gasteiger partial charge in [-0.1, -0.05) is 0 Å². The molecule has 3 unspecified atom stereocenters. The van der Waals surface area contributed by atoms with Crippen molar-refractivity contribution in [3.8, 4) is 0 Å². The largest absolute Gasteiger partial charge is 0.309 e. The fourth-order valence-electron chi connectivity index (χ4n) is 5.12. The van der Waals surface area contributed by atoms with Crippen LogP contribution in [0.4, 0.5) is 11.6 Å². The Morgan fingerprint density at radius 2 is 1.47 bits per heavy atom. The molecule has 3 N–H and O–H groups in total. The Bertz CT molecular complexity index is 1380.